The smallest absolute Gasteiger partial charge is 0.244 e. The number of nitrogens with one attached hydrogen (secondary N) is 2. The number of aryl methyl sites for hydroxylation is 1. The van der Waals surface area contributed by atoms with Crippen molar-refractivity contribution in [2.75, 3.05) is 11.9 Å². The molecule has 3 rings (SSSR count). The second kappa shape index (κ2) is 8.49. The van der Waals surface area contributed by atoms with Gasteiger partial charge in [0.2, 0.25) is 11.8 Å². The number of amides is 2. The second-order valence-corrected chi connectivity index (χ2v) is 6.42. The first-order chi connectivity index (χ1) is 13.1. The molecule has 6 nitrogen and oxygen atoms in total. The van der Waals surface area contributed by atoms with Gasteiger partial charge in [0.1, 0.15) is 12.4 Å². The van der Waals surface area contributed by atoms with E-state index in [-0.39, 0.29) is 18.4 Å². The molecule has 2 amide bonds. The number of benzene rings is 2. The van der Waals surface area contributed by atoms with Crippen molar-refractivity contribution in [2.45, 2.75) is 33.2 Å². The summed E-state index contributed by atoms with van der Waals surface area (Å²) >= 11 is 0. The molecule has 140 valence electrons. The summed E-state index contributed by atoms with van der Waals surface area (Å²) in [6.45, 7) is 4.45. The zero-order valence-electron chi connectivity index (χ0n) is 15.7. The fourth-order valence-corrected chi connectivity index (χ4v) is 2.98. The highest BCUT2D eigenvalue weighted by molar-refractivity contribution is 5.92. The van der Waals surface area contributed by atoms with Crippen molar-refractivity contribution in [2.24, 2.45) is 0 Å². The Morgan fingerprint density at radius 1 is 1.04 bits per heavy atom. The fourth-order valence-electron chi connectivity index (χ4n) is 2.98. The molecule has 0 saturated carbocycles. The number of aromatic nitrogens is 2. The molecule has 1 heterocycles. The van der Waals surface area contributed by atoms with Crippen LogP contribution >= 0.6 is 0 Å². The van der Waals surface area contributed by atoms with Crippen molar-refractivity contribution in [1.82, 2.24) is 14.9 Å². The molecule has 3 aromatic rings. The summed E-state index contributed by atoms with van der Waals surface area (Å²) in [5.74, 6) is 0.689. The maximum atomic E-state index is 12.6. The molecule has 2 aromatic carbocycles. The number of fused-ring (bicyclic) bond motifs is 1. The first kappa shape index (κ1) is 18.6. The third kappa shape index (κ3) is 4.53. The largest absolute Gasteiger partial charge is 0.356 e. The normalized spacial score (nSPS) is 10.7. The van der Waals surface area contributed by atoms with Gasteiger partial charge in [-0.25, -0.2) is 4.98 Å². The number of hydrogen-bond donors (Lipinski definition) is 2. The highest BCUT2D eigenvalue weighted by Crippen LogP contribution is 2.18. The lowest BCUT2D eigenvalue weighted by Crippen LogP contribution is -2.26. The Labute approximate surface area is 158 Å². The highest BCUT2D eigenvalue weighted by atomic mass is 16.2. The Bertz CT molecular complexity index is 962. The molecule has 0 unspecified atom stereocenters. The van der Waals surface area contributed by atoms with E-state index in [1.54, 1.807) is 0 Å². The van der Waals surface area contributed by atoms with Gasteiger partial charge in [-0.05, 0) is 30.7 Å². The average molecular weight is 364 g/mol. The van der Waals surface area contributed by atoms with Gasteiger partial charge >= 0.3 is 0 Å². The van der Waals surface area contributed by atoms with Gasteiger partial charge in [-0.2, -0.15) is 0 Å². The monoisotopic (exact) mass is 364 g/mol. The zero-order valence-corrected chi connectivity index (χ0v) is 15.7. The lowest BCUT2D eigenvalue weighted by molar-refractivity contribution is -0.120. The third-order valence-electron chi connectivity index (χ3n) is 4.45. The minimum atomic E-state index is -0.105. The zero-order chi connectivity index (χ0) is 19.2. The molecule has 0 aliphatic carbocycles. The summed E-state index contributed by atoms with van der Waals surface area (Å²) < 4.78 is 1.92. The molecular formula is C21H24N4O2. The van der Waals surface area contributed by atoms with Gasteiger partial charge in [0, 0.05) is 25.1 Å². The Balaban J connectivity index is 1.79. The van der Waals surface area contributed by atoms with Gasteiger partial charge in [0.15, 0.2) is 0 Å². The number of rotatable bonds is 7. The van der Waals surface area contributed by atoms with Crippen LogP contribution in [0.2, 0.25) is 0 Å². The summed E-state index contributed by atoms with van der Waals surface area (Å²) in [4.78, 5) is 28.7. The van der Waals surface area contributed by atoms with E-state index in [9.17, 15) is 9.59 Å². The van der Waals surface area contributed by atoms with Crippen LogP contribution in [0.1, 0.15) is 24.7 Å². The topological polar surface area (TPSA) is 76.0 Å². The van der Waals surface area contributed by atoms with Crippen LogP contribution in [0, 0.1) is 6.92 Å². The molecule has 0 saturated heterocycles. The Morgan fingerprint density at radius 2 is 1.78 bits per heavy atom. The number of para-hydroxylation sites is 3. The second-order valence-electron chi connectivity index (χ2n) is 6.42. The fraction of sp³-hybridized carbons (Fsp3) is 0.286. The Hall–Kier alpha value is -3.15. The molecule has 1 aromatic heterocycles. The predicted octanol–water partition coefficient (Wildman–Crippen LogP) is 3.05. The molecule has 27 heavy (non-hydrogen) atoms. The number of nitrogens with zero attached hydrogens (tertiary/aromatic N) is 2. The Kier molecular flexibility index (Phi) is 5.86. The first-order valence-corrected chi connectivity index (χ1v) is 9.14. The van der Waals surface area contributed by atoms with Crippen LogP contribution < -0.4 is 10.6 Å². The molecule has 0 spiro atoms. The molecule has 0 atom stereocenters. The third-order valence-corrected chi connectivity index (χ3v) is 4.45. The van der Waals surface area contributed by atoms with Crippen molar-refractivity contribution in [3.05, 3.63) is 59.9 Å². The quantitative estimate of drug-likeness (QED) is 0.676. The molecular weight excluding hydrogens is 340 g/mol. The van der Waals surface area contributed by atoms with Crippen molar-refractivity contribution in [3.8, 4) is 0 Å². The predicted molar refractivity (Wildman–Crippen MR) is 107 cm³/mol. The van der Waals surface area contributed by atoms with Crippen LogP contribution in [-0.2, 0) is 22.6 Å². The molecule has 2 N–H and O–H groups in total. The number of carbonyl (C=O) groups excluding carboxylic acids is 2. The van der Waals surface area contributed by atoms with E-state index in [2.05, 4.69) is 15.6 Å². The van der Waals surface area contributed by atoms with Crippen LogP contribution in [0.4, 0.5) is 5.69 Å². The van der Waals surface area contributed by atoms with Crippen LogP contribution in [0.25, 0.3) is 11.0 Å². The first-order valence-electron chi connectivity index (χ1n) is 9.14. The summed E-state index contributed by atoms with van der Waals surface area (Å²) in [6, 6.07) is 15.4. The van der Waals surface area contributed by atoms with E-state index in [1.807, 2.05) is 66.9 Å². The molecule has 0 radical (unpaired) electrons. The van der Waals surface area contributed by atoms with Crippen molar-refractivity contribution in [1.29, 1.82) is 0 Å². The van der Waals surface area contributed by atoms with Gasteiger partial charge in [-0.15, -0.1) is 0 Å². The lowest BCUT2D eigenvalue weighted by atomic mass is 10.2. The Morgan fingerprint density at radius 3 is 2.56 bits per heavy atom. The van der Waals surface area contributed by atoms with Crippen molar-refractivity contribution < 1.29 is 9.59 Å². The molecule has 0 bridgehead atoms. The summed E-state index contributed by atoms with van der Waals surface area (Å²) in [5, 5.41) is 5.83. The number of anilines is 1. The van der Waals surface area contributed by atoms with Gasteiger partial charge in [-0.1, -0.05) is 37.3 Å². The molecule has 0 aliphatic heterocycles. The van der Waals surface area contributed by atoms with E-state index >= 15 is 0 Å². The lowest BCUT2D eigenvalue weighted by Gasteiger charge is -2.12. The van der Waals surface area contributed by atoms with Gasteiger partial charge in [-0.3, -0.25) is 9.59 Å². The number of imidazole rings is 1. The van der Waals surface area contributed by atoms with E-state index in [1.165, 1.54) is 0 Å². The summed E-state index contributed by atoms with van der Waals surface area (Å²) in [7, 11) is 0. The van der Waals surface area contributed by atoms with Crippen LogP contribution in [0.3, 0.4) is 0 Å². The van der Waals surface area contributed by atoms with E-state index in [0.717, 1.165) is 28.1 Å². The number of hydrogen-bond acceptors (Lipinski definition) is 3. The minimum Gasteiger partial charge on any atom is -0.356 e. The van der Waals surface area contributed by atoms with E-state index in [0.29, 0.717) is 19.4 Å². The van der Waals surface area contributed by atoms with Crippen molar-refractivity contribution >= 4 is 28.5 Å². The number of carbonyl (C=O) groups is 2. The SMILES string of the molecule is CCC(=O)NCCc1nc2ccccc2n1CC(=O)Nc1ccccc1C. The standard InChI is InChI=1S/C21H24N4O2/c1-3-20(26)22-13-12-19-23-17-10-6-7-11-18(17)25(19)14-21(27)24-16-9-5-4-8-15(16)2/h4-11H,3,12-14H2,1-2H3,(H,22,26)(H,24,27). The van der Waals surface area contributed by atoms with E-state index < -0.39 is 0 Å². The van der Waals surface area contributed by atoms with Crippen LogP contribution in [0.5, 0.6) is 0 Å². The summed E-state index contributed by atoms with van der Waals surface area (Å²) in [5.41, 5.74) is 3.58. The maximum Gasteiger partial charge on any atom is 0.244 e. The van der Waals surface area contributed by atoms with Gasteiger partial charge in [0.25, 0.3) is 0 Å². The molecule has 0 aliphatic rings. The summed E-state index contributed by atoms with van der Waals surface area (Å²) in [6.07, 6.45) is 1.02. The minimum absolute atomic E-state index is 0.00922. The van der Waals surface area contributed by atoms with Gasteiger partial charge in [0.05, 0.1) is 11.0 Å². The maximum absolute atomic E-state index is 12.6. The molecule has 6 heteroatoms. The van der Waals surface area contributed by atoms with Gasteiger partial charge < -0.3 is 15.2 Å². The average Bonchev–Trinajstić information content (AvgIpc) is 3.01. The molecule has 0 fully saturated rings. The highest BCUT2D eigenvalue weighted by Gasteiger charge is 2.14. The van der Waals surface area contributed by atoms with E-state index in [4.69, 9.17) is 0 Å². The van der Waals surface area contributed by atoms with Crippen LogP contribution in [0.15, 0.2) is 48.5 Å². The van der Waals surface area contributed by atoms with Crippen molar-refractivity contribution in [3.63, 3.8) is 0 Å². The van der Waals surface area contributed by atoms with Crippen LogP contribution in [-0.4, -0.2) is 27.9 Å².